The van der Waals surface area contributed by atoms with Crippen LogP contribution >= 0.6 is 0 Å². The van der Waals surface area contributed by atoms with Gasteiger partial charge in [-0.2, -0.15) is 0 Å². The predicted octanol–water partition coefficient (Wildman–Crippen LogP) is 1.45. The Hall–Kier alpha value is -1.67. The molecule has 0 aliphatic heterocycles. The number of nitrogens with two attached hydrogens (primary N) is 1. The first-order valence-corrected chi connectivity index (χ1v) is 7.11. The third-order valence-corrected chi connectivity index (χ3v) is 4.38. The Morgan fingerprint density at radius 3 is 2.47 bits per heavy atom. The van der Waals surface area contributed by atoms with Gasteiger partial charge in [0.1, 0.15) is 5.69 Å². The largest absolute Gasteiger partial charge is 0.393 e. The molecule has 0 saturated carbocycles. The molecule has 0 atom stereocenters. The van der Waals surface area contributed by atoms with Gasteiger partial charge in [-0.3, -0.25) is 10.1 Å². The van der Waals surface area contributed by atoms with Crippen LogP contribution in [0.1, 0.15) is 13.8 Å². The zero-order valence-electron chi connectivity index (χ0n) is 11.0. The maximum Gasteiger partial charge on any atom is 0.312 e. The molecule has 0 aromatic heterocycles. The van der Waals surface area contributed by atoms with Crippen LogP contribution in [0.25, 0.3) is 0 Å². The van der Waals surface area contributed by atoms with Crippen LogP contribution in [0.5, 0.6) is 0 Å². The molecule has 8 heteroatoms. The van der Waals surface area contributed by atoms with Gasteiger partial charge >= 0.3 is 5.69 Å². The van der Waals surface area contributed by atoms with Crippen LogP contribution in [0.4, 0.5) is 11.4 Å². The SMILES string of the molecule is CC(C)CN(C)S(=O)(=O)c1cccc(N)c1[N+](=O)[O-]. The maximum atomic E-state index is 12.3. The Balaban J connectivity index is 3.37. The summed E-state index contributed by atoms with van der Waals surface area (Å²) in [7, 11) is -2.53. The van der Waals surface area contributed by atoms with Gasteiger partial charge in [0.2, 0.25) is 10.0 Å². The van der Waals surface area contributed by atoms with Gasteiger partial charge in [-0.1, -0.05) is 19.9 Å². The monoisotopic (exact) mass is 287 g/mol. The fraction of sp³-hybridized carbons (Fsp3) is 0.455. The molecule has 0 bridgehead atoms. The molecule has 0 spiro atoms. The van der Waals surface area contributed by atoms with E-state index in [1.54, 1.807) is 0 Å². The van der Waals surface area contributed by atoms with Crippen molar-refractivity contribution in [2.75, 3.05) is 19.3 Å². The van der Waals surface area contributed by atoms with Crippen LogP contribution < -0.4 is 5.73 Å². The summed E-state index contributed by atoms with van der Waals surface area (Å²) in [6, 6.07) is 3.89. The minimum Gasteiger partial charge on any atom is -0.393 e. The first kappa shape index (κ1) is 15.4. The quantitative estimate of drug-likeness (QED) is 0.501. The van der Waals surface area contributed by atoms with Crippen molar-refractivity contribution in [1.29, 1.82) is 0 Å². The molecule has 7 nitrogen and oxygen atoms in total. The standard InChI is InChI=1S/C11H17N3O4S/c1-8(2)7-13(3)19(17,18)10-6-4-5-9(12)11(10)14(15)16/h4-6,8H,7,12H2,1-3H3. The zero-order valence-corrected chi connectivity index (χ0v) is 11.8. The van der Waals surface area contributed by atoms with E-state index in [-0.39, 0.29) is 23.0 Å². The molecule has 0 aliphatic rings. The summed E-state index contributed by atoms with van der Waals surface area (Å²) < 4.78 is 25.7. The Morgan fingerprint density at radius 2 is 2.00 bits per heavy atom. The highest BCUT2D eigenvalue weighted by atomic mass is 32.2. The maximum absolute atomic E-state index is 12.3. The highest BCUT2D eigenvalue weighted by Crippen LogP contribution is 2.31. The number of anilines is 1. The first-order valence-electron chi connectivity index (χ1n) is 5.67. The molecule has 2 N–H and O–H groups in total. The molecular formula is C11H17N3O4S. The highest BCUT2D eigenvalue weighted by molar-refractivity contribution is 7.89. The van der Waals surface area contributed by atoms with Crippen LogP contribution in [0.3, 0.4) is 0 Å². The molecular weight excluding hydrogens is 270 g/mol. The lowest BCUT2D eigenvalue weighted by Gasteiger charge is -2.19. The third-order valence-electron chi connectivity index (χ3n) is 2.52. The average Bonchev–Trinajstić information content (AvgIpc) is 2.26. The molecule has 0 unspecified atom stereocenters. The van der Waals surface area contributed by atoms with Crippen molar-refractivity contribution >= 4 is 21.4 Å². The lowest BCUT2D eigenvalue weighted by Crippen LogP contribution is -2.31. The van der Waals surface area contributed by atoms with Crippen LogP contribution in [0.15, 0.2) is 23.1 Å². The molecule has 19 heavy (non-hydrogen) atoms. The Kier molecular flexibility index (Phi) is 4.48. The van der Waals surface area contributed by atoms with Gasteiger partial charge in [-0.05, 0) is 18.1 Å². The summed E-state index contributed by atoms with van der Waals surface area (Å²) >= 11 is 0. The van der Waals surface area contributed by atoms with Gasteiger partial charge in [0, 0.05) is 13.6 Å². The second-order valence-electron chi connectivity index (χ2n) is 4.63. The molecule has 0 amide bonds. The molecule has 1 aromatic carbocycles. The number of rotatable bonds is 5. The van der Waals surface area contributed by atoms with Crippen molar-refractivity contribution in [3.63, 3.8) is 0 Å². The van der Waals surface area contributed by atoms with E-state index in [9.17, 15) is 18.5 Å². The number of nitro groups is 1. The Labute approximate surface area is 112 Å². The van der Waals surface area contributed by atoms with E-state index in [0.29, 0.717) is 0 Å². The lowest BCUT2D eigenvalue weighted by atomic mass is 10.2. The van der Waals surface area contributed by atoms with Gasteiger partial charge < -0.3 is 5.73 Å². The smallest absolute Gasteiger partial charge is 0.312 e. The van der Waals surface area contributed by atoms with Gasteiger partial charge in [-0.25, -0.2) is 12.7 Å². The summed E-state index contributed by atoms with van der Waals surface area (Å²) in [4.78, 5) is 9.83. The van der Waals surface area contributed by atoms with Gasteiger partial charge in [-0.15, -0.1) is 0 Å². The summed E-state index contributed by atoms with van der Waals surface area (Å²) in [6.07, 6.45) is 0. The average molecular weight is 287 g/mol. The number of benzene rings is 1. The summed E-state index contributed by atoms with van der Waals surface area (Å²) in [5, 5.41) is 11.0. The Morgan fingerprint density at radius 1 is 1.42 bits per heavy atom. The minimum atomic E-state index is -3.92. The van der Waals surface area contributed by atoms with Crippen molar-refractivity contribution in [2.24, 2.45) is 5.92 Å². The Bertz CT molecular complexity index is 584. The molecule has 106 valence electrons. The van der Waals surface area contributed by atoms with E-state index in [4.69, 9.17) is 5.73 Å². The molecule has 0 radical (unpaired) electrons. The number of sulfonamides is 1. The van der Waals surface area contributed by atoms with E-state index in [1.165, 1.54) is 25.2 Å². The number of nitrogens with zero attached hydrogens (tertiary/aromatic N) is 2. The van der Waals surface area contributed by atoms with Crippen LogP contribution in [-0.4, -0.2) is 31.2 Å². The predicted molar refractivity (Wildman–Crippen MR) is 72.2 cm³/mol. The van der Waals surface area contributed by atoms with Crippen LogP contribution in [0.2, 0.25) is 0 Å². The van der Waals surface area contributed by atoms with Crippen molar-refractivity contribution in [3.8, 4) is 0 Å². The summed E-state index contributed by atoms with van der Waals surface area (Å²) in [5.41, 5.74) is 4.76. The second kappa shape index (κ2) is 5.54. The fourth-order valence-corrected chi connectivity index (χ4v) is 3.24. The van der Waals surface area contributed by atoms with Crippen molar-refractivity contribution in [1.82, 2.24) is 4.31 Å². The first-order chi connectivity index (χ1) is 8.67. The minimum absolute atomic E-state index is 0.111. The van der Waals surface area contributed by atoms with E-state index in [0.717, 1.165) is 4.31 Å². The molecule has 1 rings (SSSR count). The molecule has 0 heterocycles. The highest BCUT2D eigenvalue weighted by Gasteiger charge is 2.31. The van der Waals surface area contributed by atoms with Crippen molar-refractivity contribution in [2.45, 2.75) is 18.7 Å². The number of para-hydroxylation sites is 1. The van der Waals surface area contributed by atoms with Gasteiger partial charge in [0.05, 0.1) is 4.92 Å². The summed E-state index contributed by atoms with van der Waals surface area (Å²) in [6.45, 7) is 3.99. The fourth-order valence-electron chi connectivity index (χ4n) is 1.72. The second-order valence-corrected chi connectivity index (χ2v) is 6.64. The third kappa shape index (κ3) is 3.21. The topological polar surface area (TPSA) is 107 Å². The number of hydrogen-bond donors (Lipinski definition) is 1. The molecule has 1 aromatic rings. The number of hydrogen-bond acceptors (Lipinski definition) is 5. The molecule has 0 saturated heterocycles. The van der Waals surface area contributed by atoms with Gasteiger partial charge in [0.15, 0.2) is 4.90 Å². The van der Waals surface area contributed by atoms with Crippen molar-refractivity contribution in [3.05, 3.63) is 28.3 Å². The van der Waals surface area contributed by atoms with E-state index >= 15 is 0 Å². The number of nitrogen functional groups attached to an aromatic ring is 1. The lowest BCUT2D eigenvalue weighted by molar-refractivity contribution is -0.386. The molecule has 0 aliphatic carbocycles. The van der Waals surface area contributed by atoms with E-state index in [2.05, 4.69) is 0 Å². The van der Waals surface area contributed by atoms with Crippen molar-refractivity contribution < 1.29 is 13.3 Å². The molecule has 0 fully saturated rings. The van der Waals surface area contributed by atoms with Crippen LogP contribution in [-0.2, 0) is 10.0 Å². The van der Waals surface area contributed by atoms with Crippen LogP contribution in [0, 0.1) is 16.0 Å². The van der Waals surface area contributed by atoms with E-state index in [1.807, 2.05) is 13.8 Å². The number of nitro benzene ring substituents is 1. The zero-order chi connectivity index (χ0) is 14.8. The normalized spacial score (nSPS) is 12.1. The van der Waals surface area contributed by atoms with E-state index < -0.39 is 20.6 Å². The van der Waals surface area contributed by atoms with Gasteiger partial charge in [0.25, 0.3) is 0 Å². The summed E-state index contributed by atoms with van der Waals surface area (Å²) in [5.74, 6) is 0.111.